The molecule has 1 N–H and O–H groups in total. The molecular weight excluding hydrogens is 224 g/mol. The molecule has 0 saturated heterocycles. The standard InChI is InChI=1S/C13H17ClO2/c1-8(15)4-9-5-10-7-13(2,3)16-12(10)11(14)6-9/h5-6,8,15H,4,7H2,1-3H3. The topological polar surface area (TPSA) is 29.5 Å². The van der Waals surface area contributed by atoms with E-state index in [1.165, 1.54) is 0 Å². The van der Waals surface area contributed by atoms with Crippen LogP contribution in [0.4, 0.5) is 0 Å². The van der Waals surface area contributed by atoms with Gasteiger partial charge in [0.05, 0.1) is 11.1 Å². The van der Waals surface area contributed by atoms with Crippen molar-refractivity contribution in [1.82, 2.24) is 0 Å². The van der Waals surface area contributed by atoms with Crippen molar-refractivity contribution in [2.24, 2.45) is 0 Å². The molecule has 0 amide bonds. The van der Waals surface area contributed by atoms with E-state index in [1.54, 1.807) is 6.92 Å². The highest BCUT2D eigenvalue weighted by Crippen LogP contribution is 2.41. The van der Waals surface area contributed by atoms with Crippen LogP contribution < -0.4 is 4.74 Å². The number of rotatable bonds is 2. The third-order valence-electron chi connectivity index (χ3n) is 2.71. The molecule has 88 valence electrons. The van der Waals surface area contributed by atoms with Crippen LogP contribution in [-0.4, -0.2) is 16.8 Å². The Balaban J connectivity index is 2.34. The van der Waals surface area contributed by atoms with Crippen LogP contribution in [0.5, 0.6) is 5.75 Å². The molecule has 1 unspecified atom stereocenters. The lowest BCUT2D eigenvalue weighted by Gasteiger charge is -2.17. The zero-order chi connectivity index (χ0) is 11.9. The van der Waals surface area contributed by atoms with Gasteiger partial charge in [-0.1, -0.05) is 17.7 Å². The Hall–Kier alpha value is -0.730. The highest BCUT2D eigenvalue weighted by atomic mass is 35.5. The highest BCUT2D eigenvalue weighted by Gasteiger charge is 2.31. The van der Waals surface area contributed by atoms with E-state index >= 15 is 0 Å². The third-order valence-corrected chi connectivity index (χ3v) is 2.99. The lowest BCUT2D eigenvalue weighted by molar-refractivity contribution is 0.138. The molecule has 0 aromatic heterocycles. The van der Waals surface area contributed by atoms with Crippen molar-refractivity contribution < 1.29 is 9.84 Å². The molecule has 1 aromatic carbocycles. The molecule has 1 heterocycles. The number of ether oxygens (including phenoxy) is 1. The maximum absolute atomic E-state index is 9.37. The molecular formula is C13H17ClO2. The van der Waals surface area contributed by atoms with E-state index in [2.05, 4.69) is 19.9 Å². The van der Waals surface area contributed by atoms with Crippen molar-refractivity contribution >= 4 is 11.6 Å². The van der Waals surface area contributed by atoms with Crippen LogP contribution in [0.15, 0.2) is 12.1 Å². The van der Waals surface area contributed by atoms with Gasteiger partial charge in [-0.25, -0.2) is 0 Å². The second-order valence-electron chi connectivity index (χ2n) is 5.16. The SMILES string of the molecule is CC(O)Cc1cc(Cl)c2c(c1)CC(C)(C)O2. The van der Waals surface area contributed by atoms with E-state index in [0.717, 1.165) is 23.3 Å². The second-order valence-corrected chi connectivity index (χ2v) is 5.56. The van der Waals surface area contributed by atoms with Crippen LogP contribution in [0.3, 0.4) is 0 Å². The molecule has 1 atom stereocenters. The van der Waals surface area contributed by atoms with Crippen molar-refractivity contribution in [3.8, 4) is 5.75 Å². The normalized spacial score (nSPS) is 19.1. The summed E-state index contributed by atoms with van der Waals surface area (Å²) in [4.78, 5) is 0. The Morgan fingerprint density at radius 2 is 2.19 bits per heavy atom. The maximum Gasteiger partial charge on any atom is 0.142 e. The van der Waals surface area contributed by atoms with E-state index in [-0.39, 0.29) is 11.7 Å². The first-order chi connectivity index (χ1) is 7.37. The van der Waals surface area contributed by atoms with E-state index in [1.807, 2.05) is 6.07 Å². The van der Waals surface area contributed by atoms with Gasteiger partial charge < -0.3 is 9.84 Å². The maximum atomic E-state index is 9.37. The van der Waals surface area contributed by atoms with Gasteiger partial charge in [0.1, 0.15) is 11.4 Å². The molecule has 16 heavy (non-hydrogen) atoms. The first-order valence-electron chi connectivity index (χ1n) is 5.56. The van der Waals surface area contributed by atoms with Crippen molar-refractivity contribution in [2.75, 3.05) is 0 Å². The van der Waals surface area contributed by atoms with Gasteiger partial charge in [-0.05, 0) is 44.4 Å². The zero-order valence-electron chi connectivity index (χ0n) is 9.88. The number of hydrogen-bond donors (Lipinski definition) is 1. The third kappa shape index (κ3) is 2.33. The largest absolute Gasteiger partial charge is 0.486 e. The first kappa shape index (κ1) is 11.7. The van der Waals surface area contributed by atoms with Crippen molar-refractivity contribution in [3.05, 3.63) is 28.3 Å². The van der Waals surface area contributed by atoms with Crippen molar-refractivity contribution in [1.29, 1.82) is 0 Å². The minimum atomic E-state index is -0.343. The van der Waals surface area contributed by atoms with Gasteiger partial charge in [-0.2, -0.15) is 0 Å². The fourth-order valence-electron chi connectivity index (χ4n) is 2.19. The first-order valence-corrected chi connectivity index (χ1v) is 5.93. The summed E-state index contributed by atoms with van der Waals surface area (Å²) in [5.74, 6) is 0.806. The van der Waals surface area contributed by atoms with Gasteiger partial charge >= 0.3 is 0 Å². The number of hydrogen-bond acceptors (Lipinski definition) is 2. The van der Waals surface area contributed by atoms with Gasteiger partial charge in [0.25, 0.3) is 0 Å². The molecule has 1 aliphatic heterocycles. The van der Waals surface area contributed by atoms with E-state index in [9.17, 15) is 5.11 Å². The smallest absolute Gasteiger partial charge is 0.142 e. The van der Waals surface area contributed by atoms with Crippen LogP contribution >= 0.6 is 11.6 Å². The second kappa shape index (κ2) is 3.94. The Morgan fingerprint density at radius 3 is 2.81 bits per heavy atom. The average Bonchev–Trinajstić information content (AvgIpc) is 2.38. The molecule has 1 aliphatic rings. The fraction of sp³-hybridized carbons (Fsp3) is 0.538. The molecule has 0 fully saturated rings. The van der Waals surface area contributed by atoms with Crippen LogP contribution in [-0.2, 0) is 12.8 Å². The summed E-state index contributed by atoms with van der Waals surface area (Å²) in [5, 5.41) is 10.0. The molecule has 3 heteroatoms. The van der Waals surface area contributed by atoms with Gasteiger partial charge in [-0.3, -0.25) is 0 Å². The predicted octanol–water partition coefficient (Wildman–Crippen LogP) is 2.98. The molecule has 1 aromatic rings. The highest BCUT2D eigenvalue weighted by molar-refractivity contribution is 6.32. The Morgan fingerprint density at radius 1 is 1.50 bits per heavy atom. The van der Waals surface area contributed by atoms with E-state index in [0.29, 0.717) is 11.4 Å². The lowest BCUT2D eigenvalue weighted by atomic mass is 9.98. The molecule has 0 saturated carbocycles. The van der Waals surface area contributed by atoms with Gasteiger partial charge in [0, 0.05) is 6.42 Å². The summed E-state index contributed by atoms with van der Waals surface area (Å²) in [6, 6.07) is 3.97. The summed E-state index contributed by atoms with van der Waals surface area (Å²) in [7, 11) is 0. The van der Waals surface area contributed by atoms with Gasteiger partial charge in [0.15, 0.2) is 0 Å². The average molecular weight is 241 g/mol. The summed E-state index contributed by atoms with van der Waals surface area (Å²) in [6.07, 6.45) is 1.16. The number of aliphatic hydroxyl groups is 1. The zero-order valence-corrected chi connectivity index (χ0v) is 10.6. The van der Waals surface area contributed by atoms with Crippen LogP contribution in [0.25, 0.3) is 0 Å². The fourth-order valence-corrected chi connectivity index (χ4v) is 2.49. The van der Waals surface area contributed by atoms with Crippen LogP contribution in [0.1, 0.15) is 31.9 Å². The number of benzene rings is 1. The molecule has 2 rings (SSSR count). The molecule has 0 bridgehead atoms. The number of fused-ring (bicyclic) bond motifs is 1. The summed E-state index contributed by atoms with van der Waals surface area (Å²) in [6.45, 7) is 5.89. The quantitative estimate of drug-likeness (QED) is 0.861. The Kier molecular flexibility index (Phi) is 2.89. The monoisotopic (exact) mass is 240 g/mol. The van der Waals surface area contributed by atoms with Crippen LogP contribution in [0.2, 0.25) is 5.02 Å². The van der Waals surface area contributed by atoms with Crippen molar-refractivity contribution in [3.63, 3.8) is 0 Å². The number of halogens is 1. The molecule has 2 nitrogen and oxygen atoms in total. The van der Waals surface area contributed by atoms with E-state index < -0.39 is 0 Å². The molecule has 0 spiro atoms. The van der Waals surface area contributed by atoms with Crippen LogP contribution in [0, 0.1) is 0 Å². The van der Waals surface area contributed by atoms with Crippen molar-refractivity contribution in [2.45, 2.75) is 45.3 Å². The number of aliphatic hydroxyl groups excluding tert-OH is 1. The van der Waals surface area contributed by atoms with E-state index in [4.69, 9.17) is 16.3 Å². The summed E-state index contributed by atoms with van der Waals surface area (Å²) < 4.78 is 5.79. The minimum absolute atomic E-state index is 0.171. The summed E-state index contributed by atoms with van der Waals surface area (Å²) >= 11 is 6.18. The van der Waals surface area contributed by atoms with Gasteiger partial charge in [0.2, 0.25) is 0 Å². The summed E-state index contributed by atoms with van der Waals surface area (Å²) in [5.41, 5.74) is 2.04. The Bertz CT molecular complexity index is 411. The molecule has 0 radical (unpaired) electrons. The predicted molar refractivity (Wildman–Crippen MR) is 65.2 cm³/mol. The minimum Gasteiger partial charge on any atom is -0.486 e. The molecule has 0 aliphatic carbocycles. The Labute approximate surface area is 101 Å². The lowest BCUT2D eigenvalue weighted by Crippen LogP contribution is -2.24. The van der Waals surface area contributed by atoms with Gasteiger partial charge in [-0.15, -0.1) is 0 Å².